The molecule has 2 rings (SSSR count). The lowest BCUT2D eigenvalue weighted by Crippen LogP contribution is -2.42. The zero-order chi connectivity index (χ0) is 25.5. The van der Waals surface area contributed by atoms with Crippen molar-refractivity contribution in [2.75, 3.05) is 26.5 Å². The number of benzene rings is 1. The summed E-state index contributed by atoms with van der Waals surface area (Å²) >= 11 is 5.76. The Morgan fingerprint density at radius 1 is 1.23 bits per heavy atom. The summed E-state index contributed by atoms with van der Waals surface area (Å²) in [5.41, 5.74) is 0. The average Bonchev–Trinajstić information content (AvgIpc) is 3.35. The highest BCUT2D eigenvalue weighted by Gasteiger charge is 2.29. The maximum atomic E-state index is 12.2. The number of hydrogen-bond acceptors (Lipinski definition) is 8. The molecule has 35 heavy (non-hydrogen) atoms. The van der Waals surface area contributed by atoms with Gasteiger partial charge in [-0.1, -0.05) is 49.6 Å². The Balaban J connectivity index is 1.92. The van der Waals surface area contributed by atoms with Crippen LogP contribution in [0.3, 0.4) is 0 Å². The summed E-state index contributed by atoms with van der Waals surface area (Å²) < 4.78 is 22.7. The van der Waals surface area contributed by atoms with Crippen LogP contribution in [0.5, 0.6) is 5.75 Å². The minimum Gasteiger partial charge on any atom is -0.465 e. The van der Waals surface area contributed by atoms with Crippen LogP contribution >= 0.6 is 19.9 Å². The molecule has 2 amide bonds. The van der Waals surface area contributed by atoms with Crippen molar-refractivity contribution in [3.8, 4) is 5.75 Å². The number of nitrogens with zero attached hydrogens (tertiary/aromatic N) is 1. The summed E-state index contributed by atoms with van der Waals surface area (Å²) in [6.45, 7) is 2.43. The quantitative estimate of drug-likeness (QED) is 0.0883. The molecular formula is C23H31ClN3O7P. The van der Waals surface area contributed by atoms with Crippen molar-refractivity contribution in [2.24, 2.45) is 0 Å². The number of halogens is 1. The predicted molar refractivity (Wildman–Crippen MR) is 133 cm³/mol. The van der Waals surface area contributed by atoms with E-state index in [2.05, 4.69) is 17.3 Å². The third-order valence-corrected chi connectivity index (χ3v) is 6.04. The monoisotopic (exact) mass is 527 g/mol. The van der Waals surface area contributed by atoms with Gasteiger partial charge >= 0.3 is 12.0 Å². The number of ether oxygens (including phenoxy) is 3. The smallest absolute Gasteiger partial charge is 0.323 e. The second-order valence-corrected chi connectivity index (χ2v) is 9.17. The van der Waals surface area contributed by atoms with Gasteiger partial charge in [-0.2, -0.15) is 0 Å². The van der Waals surface area contributed by atoms with Gasteiger partial charge in [0.15, 0.2) is 27.1 Å². The maximum Gasteiger partial charge on any atom is 0.323 e. The fraction of sp³-hybridized carbons (Fsp3) is 0.435. The molecule has 0 saturated heterocycles. The number of carbonyl (C=O) groups excluding carboxylic acids is 3. The van der Waals surface area contributed by atoms with E-state index in [9.17, 15) is 14.4 Å². The molecule has 0 radical (unpaired) electrons. The predicted octanol–water partition coefficient (Wildman–Crippen LogP) is 3.83. The first-order valence-electron chi connectivity index (χ1n) is 11.1. The van der Waals surface area contributed by atoms with Crippen molar-refractivity contribution in [1.82, 2.24) is 15.3 Å². The third-order valence-electron chi connectivity index (χ3n) is 4.53. The van der Waals surface area contributed by atoms with Crippen molar-refractivity contribution < 1.29 is 33.1 Å². The van der Waals surface area contributed by atoms with Crippen molar-refractivity contribution in [2.45, 2.75) is 38.7 Å². The number of unbranched alkanes of at least 4 members (excludes halogenated alkanes) is 2. The standard InChI is InChI=1S/C23H31ClN3O7P/c1-3-4-8-13-31-21(29)14-26-35(34-19-9-6-5-7-10-19)17-32-22-12-11-20(33-22)27(23(30)25-2)15-18(24)16-28/h5-7,9-12,15-16,20,22,26H,3-4,8,13-14,17H2,1-2H3,(H,25,30)/b18-15+. The first-order chi connectivity index (χ1) is 17.0. The normalized spacial score (nSPS) is 18.1. The molecule has 0 aliphatic carbocycles. The van der Waals surface area contributed by atoms with Crippen LogP contribution < -0.4 is 14.9 Å². The third kappa shape index (κ3) is 10.8. The van der Waals surface area contributed by atoms with Crippen LogP contribution in [-0.4, -0.2) is 62.3 Å². The number of hydrogen-bond donors (Lipinski definition) is 2. The minimum atomic E-state index is -1.43. The van der Waals surface area contributed by atoms with Crippen LogP contribution in [0.1, 0.15) is 26.2 Å². The number of esters is 1. The van der Waals surface area contributed by atoms with Crippen molar-refractivity contribution >= 4 is 38.2 Å². The molecule has 0 spiro atoms. The van der Waals surface area contributed by atoms with Crippen LogP contribution in [0.15, 0.2) is 53.7 Å². The molecule has 0 fully saturated rings. The van der Waals surface area contributed by atoms with E-state index in [0.29, 0.717) is 18.6 Å². The van der Waals surface area contributed by atoms with Crippen molar-refractivity contribution in [3.63, 3.8) is 0 Å². The van der Waals surface area contributed by atoms with Gasteiger partial charge in [0.05, 0.1) is 11.6 Å². The number of aldehydes is 1. The van der Waals surface area contributed by atoms with E-state index in [0.717, 1.165) is 24.2 Å². The number of urea groups is 1. The molecule has 1 aliphatic heterocycles. The largest absolute Gasteiger partial charge is 0.465 e. The Bertz CT molecular complexity index is 872. The molecule has 1 aliphatic rings. The van der Waals surface area contributed by atoms with Crippen molar-refractivity contribution in [1.29, 1.82) is 0 Å². The van der Waals surface area contributed by atoms with Gasteiger partial charge in [0.1, 0.15) is 18.6 Å². The molecule has 0 aromatic heterocycles. The molecule has 3 atom stereocenters. The molecule has 1 aromatic rings. The molecule has 1 heterocycles. The van der Waals surface area contributed by atoms with Crippen LogP contribution in [-0.2, 0) is 23.8 Å². The van der Waals surface area contributed by atoms with Gasteiger partial charge in [0.2, 0.25) is 0 Å². The lowest BCUT2D eigenvalue weighted by atomic mass is 10.3. The fourth-order valence-electron chi connectivity index (χ4n) is 2.80. The second kappa shape index (κ2) is 16.2. The van der Waals surface area contributed by atoms with Gasteiger partial charge in [0.25, 0.3) is 0 Å². The van der Waals surface area contributed by atoms with E-state index >= 15 is 0 Å². The molecule has 0 saturated carbocycles. The number of rotatable bonds is 15. The molecule has 10 nitrogen and oxygen atoms in total. The Kier molecular flexibility index (Phi) is 13.3. The van der Waals surface area contributed by atoms with E-state index in [-0.39, 0.29) is 23.9 Å². The van der Waals surface area contributed by atoms with Crippen LogP contribution in [0.25, 0.3) is 0 Å². The first-order valence-corrected chi connectivity index (χ1v) is 13.0. The first kappa shape index (κ1) is 28.7. The molecule has 1 aromatic carbocycles. The Labute approximate surface area is 211 Å². The lowest BCUT2D eigenvalue weighted by Gasteiger charge is -2.25. The summed E-state index contributed by atoms with van der Waals surface area (Å²) in [5, 5.41) is 5.34. The number of amides is 2. The molecule has 12 heteroatoms. The van der Waals surface area contributed by atoms with Crippen molar-refractivity contribution in [3.05, 3.63) is 53.7 Å². The van der Waals surface area contributed by atoms with E-state index in [1.54, 1.807) is 24.3 Å². The Morgan fingerprint density at radius 3 is 2.69 bits per heavy atom. The summed E-state index contributed by atoms with van der Waals surface area (Å²) in [7, 11) is 0.0155. The SMILES string of the molecule is CCCCCOC(=O)CNP(COC1C=CC(N(/C=C(/Cl)C=O)C(=O)NC)O1)Oc1ccccc1. The van der Waals surface area contributed by atoms with Crippen LogP contribution in [0, 0.1) is 0 Å². The molecule has 3 unspecified atom stereocenters. The summed E-state index contributed by atoms with van der Waals surface area (Å²) in [6.07, 6.45) is 6.15. The van der Waals surface area contributed by atoms with E-state index in [1.165, 1.54) is 13.2 Å². The van der Waals surface area contributed by atoms with Gasteiger partial charge in [-0.25, -0.2) is 4.79 Å². The van der Waals surface area contributed by atoms with Gasteiger partial charge in [-0.05, 0) is 30.7 Å². The second-order valence-electron chi connectivity index (χ2n) is 7.22. The van der Waals surface area contributed by atoms with Crippen LogP contribution in [0.4, 0.5) is 4.79 Å². The minimum absolute atomic E-state index is 0.0303. The Hall–Kier alpha value is -2.49. The molecule has 2 N–H and O–H groups in total. The zero-order valence-corrected chi connectivity index (χ0v) is 21.4. The molecule has 0 bridgehead atoms. The summed E-state index contributed by atoms with van der Waals surface area (Å²) in [5.74, 6) is 0.244. The highest BCUT2D eigenvalue weighted by molar-refractivity contribution is 7.50. The van der Waals surface area contributed by atoms with Gasteiger partial charge in [0, 0.05) is 13.2 Å². The van der Waals surface area contributed by atoms with E-state index in [4.69, 9.17) is 30.3 Å². The maximum absolute atomic E-state index is 12.2. The summed E-state index contributed by atoms with van der Waals surface area (Å²) in [4.78, 5) is 36.2. The fourth-order valence-corrected chi connectivity index (χ4v) is 4.08. The summed E-state index contributed by atoms with van der Waals surface area (Å²) in [6, 6.07) is 8.62. The van der Waals surface area contributed by atoms with Gasteiger partial charge < -0.3 is 24.1 Å². The van der Waals surface area contributed by atoms with E-state index in [1.807, 2.05) is 18.2 Å². The topological polar surface area (TPSA) is 115 Å². The number of para-hydroxylation sites is 1. The molecular weight excluding hydrogens is 497 g/mol. The number of allylic oxidation sites excluding steroid dienone is 1. The van der Waals surface area contributed by atoms with Gasteiger partial charge in [-0.3, -0.25) is 19.6 Å². The lowest BCUT2D eigenvalue weighted by molar-refractivity contribution is -0.142. The Morgan fingerprint density at radius 2 is 2.00 bits per heavy atom. The van der Waals surface area contributed by atoms with Crippen LogP contribution in [0.2, 0.25) is 0 Å². The number of nitrogens with one attached hydrogen (secondary N) is 2. The molecule has 192 valence electrons. The van der Waals surface area contributed by atoms with E-state index < -0.39 is 26.8 Å². The zero-order valence-electron chi connectivity index (χ0n) is 19.7. The average molecular weight is 528 g/mol. The van der Waals surface area contributed by atoms with Gasteiger partial charge in [-0.15, -0.1) is 0 Å². The highest BCUT2D eigenvalue weighted by atomic mass is 35.5. The highest BCUT2D eigenvalue weighted by Crippen LogP contribution is 2.35. The number of carbonyl (C=O) groups is 3.